The van der Waals surface area contributed by atoms with Crippen LogP contribution in [0.25, 0.3) is 0 Å². The molecule has 0 saturated heterocycles. The van der Waals surface area contributed by atoms with Gasteiger partial charge in [0.2, 0.25) is 0 Å². The Morgan fingerprint density at radius 3 is 2.36 bits per heavy atom. The number of fused-ring (bicyclic) bond motifs is 1. The van der Waals surface area contributed by atoms with E-state index in [0.29, 0.717) is 12.1 Å². The number of amides is 1. The lowest BCUT2D eigenvalue weighted by atomic mass is 9.91. The molecule has 1 heterocycles. The van der Waals surface area contributed by atoms with Gasteiger partial charge in [-0.1, -0.05) is 41.9 Å². The summed E-state index contributed by atoms with van der Waals surface area (Å²) >= 11 is 6.00. The number of carbonyl (C=O) groups is 1. The number of carbonyl (C=O) groups excluding carboxylic acids is 1. The second-order valence-corrected chi connectivity index (χ2v) is 11.0. The van der Waals surface area contributed by atoms with Crippen molar-refractivity contribution in [2.24, 2.45) is 0 Å². The van der Waals surface area contributed by atoms with Crippen molar-refractivity contribution in [2.75, 3.05) is 12.8 Å². The molecule has 33 heavy (non-hydrogen) atoms. The van der Waals surface area contributed by atoms with Gasteiger partial charge in [-0.25, -0.2) is 8.42 Å². The van der Waals surface area contributed by atoms with Gasteiger partial charge in [-0.3, -0.25) is 9.69 Å². The summed E-state index contributed by atoms with van der Waals surface area (Å²) in [6.07, 6.45) is 2.07. The largest absolute Gasteiger partial charge is 0.348 e. The molecule has 172 valence electrons. The summed E-state index contributed by atoms with van der Waals surface area (Å²) in [6, 6.07) is 20.7. The van der Waals surface area contributed by atoms with Gasteiger partial charge >= 0.3 is 0 Å². The highest BCUT2D eigenvalue weighted by Crippen LogP contribution is 2.31. The van der Waals surface area contributed by atoms with Crippen LogP contribution in [0.4, 0.5) is 0 Å². The van der Waals surface area contributed by atoms with Crippen LogP contribution in [0.1, 0.15) is 45.6 Å². The number of hydrogen-bond acceptors (Lipinski definition) is 4. The van der Waals surface area contributed by atoms with Crippen molar-refractivity contribution in [1.82, 2.24) is 10.2 Å². The molecule has 7 heteroatoms. The number of hydrogen-bond donors (Lipinski definition) is 1. The van der Waals surface area contributed by atoms with Gasteiger partial charge in [0.25, 0.3) is 5.91 Å². The topological polar surface area (TPSA) is 66.5 Å². The minimum absolute atomic E-state index is 0.138. The molecule has 0 spiro atoms. The normalized spacial score (nSPS) is 16.3. The SMILES string of the molecule is CC1c2ccc(C(=O)NCc3ccc(S(C)(=O)=O)cc3)cc2CCN1Cc1ccc(Cl)cc1. The third-order valence-electron chi connectivity index (χ3n) is 6.17. The van der Waals surface area contributed by atoms with E-state index in [2.05, 4.69) is 35.3 Å². The quantitative estimate of drug-likeness (QED) is 0.548. The van der Waals surface area contributed by atoms with Crippen molar-refractivity contribution >= 4 is 27.3 Å². The van der Waals surface area contributed by atoms with Crippen LogP contribution in [-0.4, -0.2) is 32.0 Å². The average molecular weight is 483 g/mol. The molecule has 0 fully saturated rings. The van der Waals surface area contributed by atoms with Crippen LogP contribution in [0.2, 0.25) is 5.02 Å². The van der Waals surface area contributed by atoms with Crippen molar-refractivity contribution in [3.63, 3.8) is 0 Å². The van der Waals surface area contributed by atoms with E-state index in [1.54, 1.807) is 24.3 Å². The monoisotopic (exact) mass is 482 g/mol. The summed E-state index contributed by atoms with van der Waals surface area (Å²) in [5.74, 6) is -0.138. The molecular formula is C26H27ClN2O3S. The van der Waals surface area contributed by atoms with Crippen LogP contribution in [0.3, 0.4) is 0 Å². The molecule has 1 atom stereocenters. The molecule has 0 aromatic heterocycles. The minimum Gasteiger partial charge on any atom is -0.348 e. The molecule has 1 unspecified atom stereocenters. The van der Waals surface area contributed by atoms with Gasteiger partial charge in [-0.05, 0) is 72.0 Å². The molecule has 1 aliphatic rings. The Labute approximate surface area is 200 Å². The Hall–Kier alpha value is -2.67. The van der Waals surface area contributed by atoms with Crippen molar-refractivity contribution in [2.45, 2.75) is 37.4 Å². The fourth-order valence-corrected chi connectivity index (χ4v) is 4.96. The Morgan fingerprint density at radius 2 is 1.70 bits per heavy atom. The van der Waals surface area contributed by atoms with Crippen molar-refractivity contribution in [3.8, 4) is 0 Å². The maximum absolute atomic E-state index is 12.7. The zero-order chi connectivity index (χ0) is 23.6. The maximum atomic E-state index is 12.7. The second kappa shape index (κ2) is 9.67. The number of nitrogens with zero attached hydrogens (tertiary/aromatic N) is 1. The van der Waals surface area contributed by atoms with Crippen molar-refractivity contribution in [1.29, 1.82) is 0 Å². The first-order valence-electron chi connectivity index (χ1n) is 10.9. The molecule has 0 radical (unpaired) electrons. The van der Waals surface area contributed by atoms with Crippen LogP contribution >= 0.6 is 11.6 Å². The van der Waals surface area contributed by atoms with Crippen LogP contribution in [0, 0.1) is 0 Å². The summed E-state index contributed by atoms with van der Waals surface area (Å²) in [5, 5.41) is 3.67. The Morgan fingerprint density at radius 1 is 1.03 bits per heavy atom. The molecule has 0 aliphatic carbocycles. The van der Waals surface area contributed by atoms with E-state index >= 15 is 0 Å². The van der Waals surface area contributed by atoms with Gasteiger partial charge in [-0.2, -0.15) is 0 Å². The fourth-order valence-electron chi connectivity index (χ4n) is 4.20. The van der Waals surface area contributed by atoms with Gasteiger partial charge in [0.1, 0.15) is 0 Å². The number of nitrogens with one attached hydrogen (secondary N) is 1. The summed E-state index contributed by atoms with van der Waals surface area (Å²) in [7, 11) is -3.23. The molecule has 3 aromatic rings. The molecule has 0 bridgehead atoms. The maximum Gasteiger partial charge on any atom is 0.251 e. The lowest BCUT2D eigenvalue weighted by molar-refractivity contribution is 0.0950. The van der Waals surface area contributed by atoms with Crippen LogP contribution < -0.4 is 5.32 Å². The number of rotatable bonds is 6. The molecule has 5 nitrogen and oxygen atoms in total. The standard InChI is InChI=1S/C26H27ClN2O3S/c1-18-25-12-7-22(26(30)28-16-19-5-10-24(11-6-19)33(2,31)32)15-21(25)13-14-29(18)17-20-3-8-23(27)9-4-20/h3-12,15,18H,13-14,16-17H2,1-2H3,(H,28,30). The number of sulfone groups is 1. The van der Waals surface area contributed by atoms with Crippen LogP contribution in [0.15, 0.2) is 71.6 Å². The Kier molecular flexibility index (Phi) is 6.88. The highest BCUT2D eigenvalue weighted by atomic mass is 35.5. The summed E-state index contributed by atoms with van der Waals surface area (Å²) in [4.78, 5) is 15.4. The first-order chi connectivity index (χ1) is 15.7. The van der Waals surface area contributed by atoms with Gasteiger partial charge in [0.05, 0.1) is 4.90 Å². The first-order valence-corrected chi connectivity index (χ1v) is 13.2. The van der Waals surface area contributed by atoms with Crippen LogP contribution in [0.5, 0.6) is 0 Å². The highest BCUT2D eigenvalue weighted by molar-refractivity contribution is 7.90. The van der Waals surface area contributed by atoms with E-state index in [4.69, 9.17) is 11.6 Å². The average Bonchev–Trinajstić information content (AvgIpc) is 2.80. The third kappa shape index (κ3) is 5.64. The number of benzene rings is 3. The van der Waals surface area contributed by atoms with Gasteiger partial charge < -0.3 is 5.32 Å². The molecule has 3 aromatic carbocycles. The van der Waals surface area contributed by atoms with E-state index in [0.717, 1.165) is 30.1 Å². The molecule has 1 aliphatic heterocycles. The van der Waals surface area contributed by atoms with Gasteiger partial charge in [0.15, 0.2) is 9.84 Å². The molecular weight excluding hydrogens is 456 g/mol. The molecule has 4 rings (SSSR count). The Bertz CT molecular complexity index is 1260. The predicted molar refractivity (Wildman–Crippen MR) is 131 cm³/mol. The third-order valence-corrected chi connectivity index (χ3v) is 7.56. The van der Waals surface area contributed by atoms with E-state index in [1.165, 1.54) is 22.9 Å². The number of halogens is 1. The van der Waals surface area contributed by atoms with E-state index in [-0.39, 0.29) is 16.8 Å². The fraction of sp³-hybridized carbons (Fsp3) is 0.269. The molecule has 0 saturated carbocycles. The summed E-state index contributed by atoms with van der Waals surface area (Å²) in [6.45, 7) is 4.33. The minimum atomic E-state index is -3.23. The Balaban J connectivity index is 1.40. The predicted octanol–water partition coefficient (Wildman–Crippen LogP) is 4.79. The van der Waals surface area contributed by atoms with Crippen molar-refractivity contribution < 1.29 is 13.2 Å². The smallest absolute Gasteiger partial charge is 0.251 e. The summed E-state index contributed by atoms with van der Waals surface area (Å²) in [5.41, 5.74) is 5.18. The van der Waals surface area contributed by atoms with Gasteiger partial charge in [0, 0.05) is 42.5 Å². The lowest BCUT2D eigenvalue weighted by Gasteiger charge is -2.35. The van der Waals surface area contributed by atoms with Gasteiger partial charge in [-0.15, -0.1) is 0 Å². The first kappa shape index (κ1) is 23.5. The second-order valence-electron chi connectivity index (χ2n) is 8.54. The lowest BCUT2D eigenvalue weighted by Crippen LogP contribution is -2.33. The van der Waals surface area contributed by atoms with Crippen molar-refractivity contribution in [3.05, 3.63) is 99.6 Å². The zero-order valence-corrected chi connectivity index (χ0v) is 20.3. The van der Waals surface area contributed by atoms with E-state index in [1.807, 2.05) is 24.3 Å². The van der Waals surface area contributed by atoms with Crippen LogP contribution in [-0.2, 0) is 29.3 Å². The van der Waals surface area contributed by atoms with E-state index < -0.39 is 9.84 Å². The highest BCUT2D eigenvalue weighted by Gasteiger charge is 2.24. The zero-order valence-electron chi connectivity index (χ0n) is 18.7. The molecule has 1 N–H and O–H groups in total. The molecule has 1 amide bonds. The van der Waals surface area contributed by atoms with E-state index in [9.17, 15) is 13.2 Å². The summed E-state index contributed by atoms with van der Waals surface area (Å²) < 4.78 is 23.2.